The zero-order valence-electron chi connectivity index (χ0n) is 9.11. The second-order valence-corrected chi connectivity index (χ2v) is 6.02. The van der Waals surface area contributed by atoms with E-state index in [9.17, 15) is 0 Å². The number of halogens is 1. The first kappa shape index (κ1) is 11.3. The fourth-order valence-electron chi connectivity index (χ4n) is 2.27. The van der Waals surface area contributed by atoms with Crippen molar-refractivity contribution in [1.29, 1.82) is 0 Å². The van der Waals surface area contributed by atoms with Crippen LogP contribution in [0.15, 0.2) is 0 Å². The molecule has 1 unspecified atom stereocenters. The summed E-state index contributed by atoms with van der Waals surface area (Å²) in [5.74, 6) is 0.718. The Balaban J connectivity index is 1.99. The quantitative estimate of drug-likeness (QED) is 0.820. The van der Waals surface area contributed by atoms with Crippen LogP contribution in [-0.4, -0.2) is 27.7 Å². The standard InChI is InChI=1S/C10H16ClN3S/c1-7(2)8-4-3-5-14(8)6-9-12-13-10(11)15-9/h7-8H,3-6H2,1-2H3. The normalized spacial score (nSPS) is 22.8. The topological polar surface area (TPSA) is 29.0 Å². The van der Waals surface area contributed by atoms with Crippen molar-refractivity contribution < 1.29 is 0 Å². The van der Waals surface area contributed by atoms with Crippen molar-refractivity contribution in [3.8, 4) is 0 Å². The van der Waals surface area contributed by atoms with E-state index in [-0.39, 0.29) is 0 Å². The number of likely N-dealkylation sites (tertiary alicyclic amines) is 1. The van der Waals surface area contributed by atoms with Gasteiger partial charge in [0.25, 0.3) is 0 Å². The molecule has 0 N–H and O–H groups in total. The highest BCUT2D eigenvalue weighted by molar-refractivity contribution is 7.15. The smallest absolute Gasteiger partial charge is 0.207 e. The van der Waals surface area contributed by atoms with Crippen LogP contribution >= 0.6 is 22.9 Å². The number of hydrogen-bond acceptors (Lipinski definition) is 4. The van der Waals surface area contributed by atoms with Crippen molar-refractivity contribution in [1.82, 2.24) is 15.1 Å². The maximum Gasteiger partial charge on any atom is 0.207 e. The van der Waals surface area contributed by atoms with Crippen molar-refractivity contribution >= 4 is 22.9 Å². The van der Waals surface area contributed by atoms with Crippen molar-refractivity contribution in [3.63, 3.8) is 0 Å². The summed E-state index contributed by atoms with van der Waals surface area (Å²) in [6.07, 6.45) is 2.61. The fraction of sp³-hybridized carbons (Fsp3) is 0.800. The lowest BCUT2D eigenvalue weighted by Gasteiger charge is -2.26. The van der Waals surface area contributed by atoms with Crippen molar-refractivity contribution in [2.24, 2.45) is 5.92 Å². The van der Waals surface area contributed by atoms with Gasteiger partial charge in [-0.1, -0.05) is 25.2 Å². The molecule has 0 radical (unpaired) electrons. The SMILES string of the molecule is CC(C)C1CCCN1Cc1nnc(Cl)s1. The molecule has 0 spiro atoms. The average molecular weight is 246 g/mol. The van der Waals surface area contributed by atoms with E-state index < -0.39 is 0 Å². The number of hydrogen-bond donors (Lipinski definition) is 0. The summed E-state index contributed by atoms with van der Waals surface area (Å²) in [5, 5.41) is 8.94. The van der Waals surface area contributed by atoms with Gasteiger partial charge >= 0.3 is 0 Å². The van der Waals surface area contributed by atoms with Crippen molar-refractivity contribution in [2.45, 2.75) is 39.3 Å². The lowest BCUT2D eigenvalue weighted by molar-refractivity contribution is 0.198. The molecule has 0 aromatic carbocycles. The summed E-state index contributed by atoms with van der Waals surface area (Å²) >= 11 is 7.26. The first-order valence-corrected chi connectivity index (χ1v) is 6.58. The van der Waals surface area contributed by atoms with E-state index in [1.807, 2.05) is 0 Å². The predicted octanol–water partition coefficient (Wildman–Crippen LogP) is 2.81. The van der Waals surface area contributed by atoms with Crippen LogP contribution in [0.2, 0.25) is 4.47 Å². The lowest BCUT2D eigenvalue weighted by atomic mass is 10.0. The van der Waals surface area contributed by atoms with Crippen LogP contribution in [0.25, 0.3) is 0 Å². The Morgan fingerprint density at radius 2 is 2.33 bits per heavy atom. The Morgan fingerprint density at radius 1 is 1.53 bits per heavy atom. The molecule has 1 aromatic heterocycles. The Labute approximate surface area is 99.5 Å². The molecule has 15 heavy (non-hydrogen) atoms. The van der Waals surface area contributed by atoms with Crippen LogP contribution < -0.4 is 0 Å². The van der Waals surface area contributed by atoms with Gasteiger partial charge in [0.05, 0.1) is 6.54 Å². The molecule has 3 nitrogen and oxygen atoms in total. The molecule has 1 atom stereocenters. The van der Waals surface area contributed by atoms with Gasteiger partial charge in [-0.3, -0.25) is 4.90 Å². The maximum absolute atomic E-state index is 5.77. The highest BCUT2D eigenvalue weighted by Crippen LogP contribution is 2.26. The van der Waals surface area contributed by atoms with Crippen molar-refractivity contribution in [2.75, 3.05) is 6.54 Å². The largest absolute Gasteiger partial charge is 0.293 e. The molecule has 2 heterocycles. The Kier molecular flexibility index (Phi) is 3.59. The Bertz CT molecular complexity index is 326. The van der Waals surface area contributed by atoms with E-state index in [1.54, 1.807) is 0 Å². The minimum Gasteiger partial charge on any atom is -0.293 e. The van der Waals surface area contributed by atoms with Gasteiger partial charge in [-0.05, 0) is 36.9 Å². The van der Waals surface area contributed by atoms with Gasteiger partial charge in [0.2, 0.25) is 4.47 Å². The third-order valence-corrected chi connectivity index (χ3v) is 3.97. The monoisotopic (exact) mass is 245 g/mol. The van der Waals surface area contributed by atoms with Crippen LogP contribution in [-0.2, 0) is 6.54 Å². The summed E-state index contributed by atoms with van der Waals surface area (Å²) in [6.45, 7) is 6.67. The molecule has 5 heteroatoms. The van der Waals surface area contributed by atoms with E-state index in [0.717, 1.165) is 17.5 Å². The van der Waals surface area contributed by atoms with Gasteiger partial charge in [0.15, 0.2) is 0 Å². The van der Waals surface area contributed by atoms with E-state index >= 15 is 0 Å². The molecule has 0 amide bonds. The molecule has 1 fully saturated rings. The van der Waals surface area contributed by atoms with Gasteiger partial charge < -0.3 is 0 Å². The molecule has 0 aliphatic carbocycles. The highest BCUT2D eigenvalue weighted by Gasteiger charge is 2.27. The fourth-order valence-corrected chi connectivity index (χ4v) is 3.17. The summed E-state index contributed by atoms with van der Waals surface area (Å²) in [7, 11) is 0. The molecule has 0 bridgehead atoms. The first-order chi connectivity index (χ1) is 7.16. The van der Waals surface area contributed by atoms with Crippen LogP contribution in [0.4, 0.5) is 0 Å². The van der Waals surface area contributed by atoms with Crippen LogP contribution in [0.3, 0.4) is 0 Å². The zero-order chi connectivity index (χ0) is 10.8. The molecule has 2 rings (SSSR count). The Morgan fingerprint density at radius 3 is 2.93 bits per heavy atom. The third-order valence-electron chi connectivity index (χ3n) is 2.96. The second-order valence-electron chi connectivity index (χ2n) is 4.37. The van der Waals surface area contributed by atoms with Gasteiger partial charge in [0, 0.05) is 6.04 Å². The number of rotatable bonds is 3. The summed E-state index contributed by atoms with van der Waals surface area (Å²) < 4.78 is 0.547. The molecular formula is C10H16ClN3S. The summed E-state index contributed by atoms with van der Waals surface area (Å²) in [6, 6.07) is 0.702. The third kappa shape index (κ3) is 2.68. The average Bonchev–Trinajstić information content (AvgIpc) is 2.75. The van der Waals surface area contributed by atoms with Crippen LogP contribution in [0.5, 0.6) is 0 Å². The summed E-state index contributed by atoms with van der Waals surface area (Å²) in [5.41, 5.74) is 0. The zero-order valence-corrected chi connectivity index (χ0v) is 10.7. The van der Waals surface area contributed by atoms with Gasteiger partial charge in [-0.15, -0.1) is 10.2 Å². The van der Waals surface area contributed by atoms with E-state index in [2.05, 4.69) is 28.9 Å². The first-order valence-electron chi connectivity index (χ1n) is 5.38. The highest BCUT2D eigenvalue weighted by atomic mass is 35.5. The molecule has 84 valence electrons. The minimum absolute atomic E-state index is 0.547. The van der Waals surface area contributed by atoms with E-state index in [0.29, 0.717) is 10.5 Å². The van der Waals surface area contributed by atoms with E-state index in [1.165, 1.54) is 30.7 Å². The lowest BCUT2D eigenvalue weighted by Crippen LogP contribution is -2.32. The predicted molar refractivity (Wildman–Crippen MR) is 63.2 cm³/mol. The maximum atomic E-state index is 5.77. The molecule has 1 aliphatic rings. The van der Waals surface area contributed by atoms with Crippen LogP contribution in [0, 0.1) is 5.92 Å². The molecule has 1 saturated heterocycles. The van der Waals surface area contributed by atoms with Gasteiger partial charge in [-0.2, -0.15) is 0 Å². The van der Waals surface area contributed by atoms with Gasteiger partial charge in [0.1, 0.15) is 5.01 Å². The molecular weight excluding hydrogens is 230 g/mol. The minimum atomic E-state index is 0.547. The van der Waals surface area contributed by atoms with Crippen LogP contribution in [0.1, 0.15) is 31.7 Å². The number of aromatic nitrogens is 2. The molecule has 1 aliphatic heterocycles. The summed E-state index contributed by atoms with van der Waals surface area (Å²) in [4.78, 5) is 2.50. The van der Waals surface area contributed by atoms with Gasteiger partial charge in [-0.25, -0.2) is 0 Å². The number of nitrogens with zero attached hydrogens (tertiary/aromatic N) is 3. The molecule has 0 saturated carbocycles. The van der Waals surface area contributed by atoms with E-state index in [4.69, 9.17) is 11.6 Å². The Hall–Kier alpha value is -0.190. The van der Waals surface area contributed by atoms with Crippen molar-refractivity contribution in [3.05, 3.63) is 9.47 Å². The second kappa shape index (κ2) is 4.76. The molecule has 1 aromatic rings.